The Labute approximate surface area is 154 Å². The number of rotatable bonds is 3. The molecule has 2 atom stereocenters. The van der Waals surface area contributed by atoms with Crippen LogP contribution in [0.15, 0.2) is 18.2 Å². The zero-order valence-electron chi connectivity index (χ0n) is 16.0. The topological polar surface area (TPSA) is 73.9 Å². The van der Waals surface area contributed by atoms with Crippen LogP contribution in [0.2, 0.25) is 0 Å². The van der Waals surface area contributed by atoms with E-state index in [0.717, 1.165) is 18.4 Å². The number of benzene rings is 1. The van der Waals surface area contributed by atoms with Gasteiger partial charge in [0.15, 0.2) is 0 Å². The summed E-state index contributed by atoms with van der Waals surface area (Å²) in [5, 5.41) is 2.96. The van der Waals surface area contributed by atoms with E-state index >= 15 is 0 Å². The van der Waals surface area contributed by atoms with Crippen LogP contribution in [0, 0.1) is 5.41 Å². The Balaban J connectivity index is 1.70. The van der Waals surface area contributed by atoms with E-state index in [2.05, 4.69) is 19.2 Å². The molecule has 0 aromatic heterocycles. The highest BCUT2D eigenvalue weighted by Gasteiger charge is 2.42. The second-order valence-electron chi connectivity index (χ2n) is 8.88. The average molecular weight is 361 g/mol. The average Bonchev–Trinajstić information content (AvgIpc) is 2.97. The first-order valence-electron chi connectivity index (χ1n) is 8.99. The molecule has 1 heterocycles. The Morgan fingerprint density at radius 3 is 2.69 bits per heavy atom. The van der Waals surface area contributed by atoms with Crippen molar-refractivity contribution < 1.29 is 23.8 Å². The van der Waals surface area contributed by atoms with Crippen LogP contribution in [-0.2, 0) is 16.1 Å². The number of fused-ring (bicyclic) bond motifs is 1. The highest BCUT2D eigenvalue weighted by molar-refractivity contribution is 5.93. The summed E-state index contributed by atoms with van der Waals surface area (Å²) < 4.78 is 16.6. The van der Waals surface area contributed by atoms with Crippen molar-refractivity contribution in [1.82, 2.24) is 5.32 Å². The van der Waals surface area contributed by atoms with Gasteiger partial charge >= 0.3 is 12.1 Å². The molecule has 1 aromatic carbocycles. The number of hydrogen-bond acceptors (Lipinski definition) is 5. The Morgan fingerprint density at radius 1 is 1.27 bits per heavy atom. The van der Waals surface area contributed by atoms with Crippen molar-refractivity contribution in [3.05, 3.63) is 29.3 Å². The third kappa shape index (κ3) is 4.29. The minimum atomic E-state index is -0.541. The smallest absolute Gasteiger partial charge is 0.408 e. The molecule has 0 spiro atoms. The van der Waals surface area contributed by atoms with Gasteiger partial charge in [-0.25, -0.2) is 9.59 Å². The number of amides is 1. The van der Waals surface area contributed by atoms with Crippen molar-refractivity contribution in [3.8, 4) is 5.75 Å². The Morgan fingerprint density at radius 2 is 2.00 bits per heavy atom. The van der Waals surface area contributed by atoms with Gasteiger partial charge in [-0.3, -0.25) is 0 Å². The third-order valence-corrected chi connectivity index (χ3v) is 4.62. The molecule has 0 unspecified atom stereocenters. The number of cyclic esters (lactones) is 1. The molecule has 1 saturated carbocycles. The van der Waals surface area contributed by atoms with E-state index in [1.54, 1.807) is 12.1 Å². The summed E-state index contributed by atoms with van der Waals surface area (Å²) in [6.45, 7) is 10.1. The number of carbonyl (C=O) groups is 2. The van der Waals surface area contributed by atoms with Crippen molar-refractivity contribution in [2.45, 2.75) is 71.8 Å². The van der Waals surface area contributed by atoms with Gasteiger partial charge in [-0.05, 0) is 57.2 Å². The molecule has 1 N–H and O–H groups in total. The Kier molecular flexibility index (Phi) is 4.63. The van der Waals surface area contributed by atoms with Gasteiger partial charge in [-0.15, -0.1) is 0 Å². The summed E-state index contributed by atoms with van der Waals surface area (Å²) in [7, 11) is 0. The minimum absolute atomic E-state index is 0.0557. The fourth-order valence-corrected chi connectivity index (χ4v) is 3.58. The van der Waals surface area contributed by atoms with Crippen LogP contribution in [0.4, 0.5) is 4.79 Å². The highest BCUT2D eigenvalue weighted by Crippen LogP contribution is 2.39. The lowest BCUT2D eigenvalue weighted by Gasteiger charge is -2.25. The largest absolute Gasteiger partial charge is 0.488 e. The maximum atomic E-state index is 12.2. The molecule has 142 valence electrons. The molecule has 26 heavy (non-hydrogen) atoms. The van der Waals surface area contributed by atoms with Crippen LogP contribution in [0.25, 0.3) is 0 Å². The standard InChI is InChI=1S/C20H27NO5/c1-19(2,3)26-18(23)21-15-9-20(4,5)10-16(15)25-13-6-7-14-12(8-13)11-24-17(14)22/h6-8,15-16H,9-11H2,1-5H3,(H,21,23)/t15-,16-/m0/s1. The third-order valence-electron chi connectivity index (χ3n) is 4.62. The number of esters is 1. The van der Waals surface area contributed by atoms with Gasteiger partial charge < -0.3 is 19.5 Å². The molecule has 6 heteroatoms. The number of carbonyl (C=O) groups excluding carboxylic acids is 2. The fourth-order valence-electron chi connectivity index (χ4n) is 3.58. The molecule has 1 aliphatic heterocycles. The van der Waals surface area contributed by atoms with E-state index in [1.165, 1.54) is 0 Å². The molecule has 6 nitrogen and oxygen atoms in total. The van der Waals surface area contributed by atoms with E-state index in [4.69, 9.17) is 14.2 Å². The Bertz CT molecular complexity index is 719. The van der Waals surface area contributed by atoms with Gasteiger partial charge in [0.1, 0.15) is 24.1 Å². The molecular formula is C20H27NO5. The van der Waals surface area contributed by atoms with E-state index < -0.39 is 11.7 Å². The summed E-state index contributed by atoms with van der Waals surface area (Å²) in [6, 6.07) is 5.22. The number of hydrogen-bond donors (Lipinski definition) is 1. The molecule has 1 amide bonds. The van der Waals surface area contributed by atoms with Gasteiger partial charge in [-0.1, -0.05) is 13.8 Å². The highest BCUT2D eigenvalue weighted by atomic mass is 16.6. The molecule has 1 aliphatic carbocycles. The molecule has 0 bridgehead atoms. The molecule has 3 rings (SSSR count). The second-order valence-corrected chi connectivity index (χ2v) is 8.88. The van der Waals surface area contributed by atoms with E-state index in [0.29, 0.717) is 11.3 Å². The first-order valence-corrected chi connectivity index (χ1v) is 8.99. The Hall–Kier alpha value is -2.24. The first kappa shape index (κ1) is 18.5. The molecule has 1 fully saturated rings. The zero-order valence-corrected chi connectivity index (χ0v) is 16.0. The van der Waals surface area contributed by atoms with Gasteiger partial charge in [0.25, 0.3) is 0 Å². The van der Waals surface area contributed by atoms with Crippen LogP contribution in [-0.4, -0.2) is 29.8 Å². The van der Waals surface area contributed by atoms with Crippen molar-refractivity contribution in [3.63, 3.8) is 0 Å². The van der Waals surface area contributed by atoms with Gasteiger partial charge in [-0.2, -0.15) is 0 Å². The monoisotopic (exact) mass is 361 g/mol. The lowest BCUT2D eigenvalue weighted by molar-refractivity contribution is 0.0463. The number of alkyl carbamates (subject to hydrolysis) is 1. The van der Waals surface area contributed by atoms with Crippen molar-refractivity contribution in [1.29, 1.82) is 0 Å². The maximum absolute atomic E-state index is 12.2. The minimum Gasteiger partial charge on any atom is -0.488 e. The first-order chi connectivity index (χ1) is 12.0. The van der Waals surface area contributed by atoms with Crippen LogP contribution in [0.5, 0.6) is 5.75 Å². The predicted octanol–water partition coefficient (Wildman–Crippen LogP) is 3.82. The van der Waals surface area contributed by atoms with Gasteiger partial charge in [0.2, 0.25) is 0 Å². The lowest BCUT2D eigenvalue weighted by atomic mass is 9.91. The maximum Gasteiger partial charge on any atom is 0.408 e. The van der Waals surface area contributed by atoms with Crippen LogP contribution >= 0.6 is 0 Å². The fraction of sp³-hybridized carbons (Fsp3) is 0.600. The van der Waals surface area contributed by atoms with Gasteiger partial charge in [0, 0.05) is 5.56 Å². The summed E-state index contributed by atoms with van der Waals surface area (Å²) in [6.07, 6.45) is 1.04. The van der Waals surface area contributed by atoms with E-state index in [9.17, 15) is 9.59 Å². The second kappa shape index (κ2) is 6.49. The summed E-state index contributed by atoms with van der Waals surface area (Å²) in [5.41, 5.74) is 0.940. The lowest BCUT2D eigenvalue weighted by Crippen LogP contribution is -2.44. The van der Waals surface area contributed by atoms with Crippen LogP contribution in [0.3, 0.4) is 0 Å². The summed E-state index contributed by atoms with van der Waals surface area (Å²) >= 11 is 0. The van der Waals surface area contributed by atoms with Crippen molar-refractivity contribution in [2.75, 3.05) is 0 Å². The quantitative estimate of drug-likeness (QED) is 0.829. The van der Waals surface area contributed by atoms with Gasteiger partial charge in [0.05, 0.1) is 11.6 Å². The molecule has 0 radical (unpaired) electrons. The van der Waals surface area contributed by atoms with Crippen LogP contribution < -0.4 is 10.1 Å². The van der Waals surface area contributed by atoms with E-state index in [-0.39, 0.29) is 30.1 Å². The molecule has 2 aliphatic rings. The molecule has 1 aromatic rings. The number of ether oxygens (including phenoxy) is 3. The normalized spacial score (nSPS) is 24.0. The summed E-state index contributed by atoms with van der Waals surface area (Å²) in [5.74, 6) is 0.388. The van der Waals surface area contributed by atoms with Crippen molar-refractivity contribution in [2.24, 2.45) is 5.41 Å². The predicted molar refractivity (Wildman–Crippen MR) is 96.2 cm³/mol. The van der Waals surface area contributed by atoms with Crippen molar-refractivity contribution >= 4 is 12.1 Å². The van der Waals surface area contributed by atoms with E-state index in [1.807, 2.05) is 26.8 Å². The molecule has 0 saturated heterocycles. The number of nitrogens with one attached hydrogen (secondary N) is 1. The molecular weight excluding hydrogens is 334 g/mol. The van der Waals surface area contributed by atoms with Crippen LogP contribution in [0.1, 0.15) is 63.4 Å². The summed E-state index contributed by atoms with van der Waals surface area (Å²) in [4.78, 5) is 23.7. The SMILES string of the molecule is CC1(C)C[C@H](NC(=O)OC(C)(C)C)[C@@H](Oc2ccc3c(c2)COC3=O)C1. The zero-order chi connectivity index (χ0) is 19.1.